The number of Topliss-reactive ketones (excluding diaryl/α,β-unsaturated/α-hetero) is 1. The molecule has 1 fully saturated rings. The molecule has 0 bridgehead atoms. The summed E-state index contributed by atoms with van der Waals surface area (Å²) in [6.07, 6.45) is 1.71. The third-order valence-electron chi connectivity index (χ3n) is 5.18. The SMILES string of the molecule is COc1ccc(F)cc1C(=O)C1CCCN(Cc2cccc3c2OCO3)C1. The first-order chi connectivity index (χ1) is 13.2. The number of nitrogens with zero attached hydrogens (tertiary/aromatic N) is 1. The van der Waals surface area contributed by atoms with Crippen molar-refractivity contribution in [1.82, 2.24) is 4.90 Å². The van der Waals surface area contributed by atoms with E-state index in [9.17, 15) is 9.18 Å². The summed E-state index contributed by atoms with van der Waals surface area (Å²) in [7, 11) is 1.50. The number of piperidine rings is 1. The van der Waals surface area contributed by atoms with E-state index in [0.717, 1.165) is 36.4 Å². The van der Waals surface area contributed by atoms with Crippen molar-refractivity contribution in [3.05, 3.63) is 53.3 Å². The number of ketones is 1. The van der Waals surface area contributed by atoms with Gasteiger partial charge in [0.05, 0.1) is 12.7 Å². The van der Waals surface area contributed by atoms with Gasteiger partial charge in [-0.2, -0.15) is 0 Å². The molecule has 1 atom stereocenters. The van der Waals surface area contributed by atoms with E-state index < -0.39 is 5.82 Å². The highest BCUT2D eigenvalue weighted by atomic mass is 19.1. The Morgan fingerprint density at radius 1 is 1.30 bits per heavy atom. The van der Waals surface area contributed by atoms with Gasteiger partial charge in [0, 0.05) is 24.6 Å². The Balaban J connectivity index is 1.49. The minimum absolute atomic E-state index is 0.0612. The number of carbonyl (C=O) groups excluding carboxylic acids is 1. The first-order valence-electron chi connectivity index (χ1n) is 9.13. The number of para-hydroxylation sites is 1. The van der Waals surface area contributed by atoms with Crippen LogP contribution in [-0.4, -0.2) is 37.7 Å². The highest BCUT2D eigenvalue weighted by Crippen LogP contribution is 2.36. The van der Waals surface area contributed by atoms with Crippen molar-refractivity contribution < 1.29 is 23.4 Å². The third-order valence-corrected chi connectivity index (χ3v) is 5.18. The molecule has 0 N–H and O–H groups in total. The van der Waals surface area contributed by atoms with Gasteiger partial charge < -0.3 is 14.2 Å². The highest BCUT2D eigenvalue weighted by molar-refractivity contribution is 6.00. The highest BCUT2D eigenvalue weighted by Gasteiger charge is 2.29. The van der Waals surface area contributed by atoms with Gasteiger partial charge in [-0.3, -0.25) is 9.69 Å². The summed E-state index contributed by atoms with van der Waals surface area (Å²) in [5.74, 6) is 1.31. The number of ether oxygens (including phenoxy) is 3. The van der Waals surface area contributed by atoms with Crippen molar-refractivity contribution in [3.63, 3.8) is 0 Å². The number of benzene rings is 2. The molecule has 1 saturated heterocycles. The van der Waals surface area contributed by atoms with E-state index in [1.807, 2.05) is 18.2 Å². The van der Waals surface area contributed by atoms with Crippen LogP contribution in [0, 0.1) is 11.7 Å². The Morgan fingerprint density at radius 2 is 2.19 bits per heavy atom. The fourth-order valence-corrected chi connectivity index (χ4v) is 3.86. The molecule has 142 valence electrons. The van der Waals surface area contributed by atoms with Gasteiger partial charge >= 0.3 is 0 Å². The Hall–Kier alpha value is -2.60. The maximum Gasteiger partial charge on any atom is 0.231 e. The predicted molar refractivity (Wildman–Crippen MR) is 97.8 cm³/mol. The van der Waals surface area contributed by atoms with Crippen molar-refractivity contribution in [2.45, 2.75) is 19.4 Å². The number of fused-ring (bicyclic) bond motifs is 1. The van der Waals surface area contributed by atoms with Crippen molar-refractivity contribution in [2.24, 2.45) is 5.92 Å². The fourth-order valence-electron chi connectivity index (χ4n) is 3.86. The van der Waals surface area contributed by atoms with Crippen molar-refractivity contribution in [1.29, 1.82) is 0 Å². The molecule has 2 aromatic carbocycles. The molecule has 0 aliphatic carbocycles. The molecule has 0 spiro atoms. The summed E-state index contributed by atoms with van der Waals surface area (Å²) in [6.45, 7) is 2.47. The molecule has 2 aliphatic rings. The molecule has 0 amide bonds. The normalized spacial score (nSPS) is 19.1. The van der Waals surface area contributed by atoms with Gasteiger partial charge in [-0.1, -0.05) is 12.1 Å². The van der Waals surface area contributed by atoms with Crippen LogP contribution in [0.2, 0.25) is 0 Å². The zero-order valence-electron chi connectivity index (χ0n) is 15.2. The second-order valence-corrected chi connectivity index (χ2v) is 6.93. The molecule has 0 saturated carbocycles. The number of carbonyl (C=O) groups is 1. The summed E-state index contributed by atoms with van der Waals surface area (Å²) in [4.78, 5) is 15.2. The minimum atomic E-state index is -0.427. The minimum Gasteiger partial charge on any atom is -0.496 e. The average Bonchev–Trinajstić information content (AvgIpc) is 3.17. The second-order valence-electron chi connectivity index (χ2n) is 6.93. The van der Waals surface area contributed by atoms with Crippen molar-refractivity contribution in [3.8, 4) is 17.2 Å². The molecule has 0 aromatic heterocycles. The van der Waals surface area contributed by atoms with Crippen LogP contribution in [0.25, 0.3) is 0 Å². The lowest BCUT2D eigenvalue weighted by Gasteiger charge is -2.32. The third kappa shape index (κ3) is 3.62. The maximum absolute atomic E-state index is 13.7. The van der Waals surface area contributed by atoms with Gasteiger partial charge in [0.25, 0.3) is 0 Å². The van der Waals surface area contributed by atoms with Crippen LogP contribution in [0.5, 0.6) is 17.2 Å². The quantitative estimate of drug-likeness (QED) is 0.751. The van der Waals surface area contributed by atoms with Crippen LogP contribution >= 0.6 is 0 Å². The number of rotatable bonds is 5. The van der Waals surface area contributed by atoms with Gasteiger partial charge in [-0.05, 0) is 43.7 Å². The Morgan fingerprint density at radius 3 is 3.04 bits per heavy atom. The van der Waals surface area contributed by atoms with E-state index in [-0.39, 0.29) is 18.5 Å². The van der Waals surface area contributed by atoms with Gasteiger partial charge in [0.2, 0.25) is 6.79 Å². The van der Waals surface area contributed by atoms with Gasteiger partial charge in [0.1, 0.15) is 11.6 Å². The smallest absolute Gasteiger partial charge is 0.231 e. The van der Waals surface area contributed by atoms with Crippen LogP contribution in [0.4, 0.5) is 4.39 Å². The molecule has 2 heterocycles. The van der Waals surface area contributed by atoms with Gasteiger partial charge in [-0.25, -0.2) is 4.39 Å². The van der Waals surface area contributed by atoms with Crippen LogP contribution in [-0.2, 0) is 6.54 Å². The zero-order chi connectivity index (χ0) is 18.8. The fraction of sp³-hybridized carbons (Fsp3) is 0.381. The molecule has 0 radical (unpaired) electrons. The molecule has 2 aliphatic heterocycles. The standard InChI is InChI=1S/C21H22FNO4/c1-25-18-8-7-16(22)10-17(18)20(24)14-5-3-9-23(11-14)12-15-4-2-6-19-21(15)27-13-26-19/h2,4,6-8,10,14H,3,5,9,11-13H2,1H3. The first kappa shape index (κ1) is 17.8. The lowest BCUT2D eigenvalue weighted by molar-refractivity contribution is 0.0807. The molecule has 4 rings (SSSR count). The van der Waals surface area contributed by atoms with Crippen LogP contribution < -0.4 is 14.2 Å². The summed E-state index contributed by atoms with van der Waals surface area (Å²) in [5, 5.41) is 0. The Kier molecular flexibility index (Phi) is 4.99. The van der Waals surface area contributed by atoms with Crippen molar-refractivity contribution in [2.75, 3.05) is 27.0 Å². The van der Waals surface area contributed by atoms with Crippen LogP contribution in [0.3, 0.4) is 0 Å². The lowest BCUT2D eigenvalue weighted by atomic mass is 9.89. The predicted octanol–water partition coefficient (Wildman–Crippen LogP) is 3.66. The van der Waals surface area contributed by atoms with E-state index >= 15 is 0 Å². The van der Waals surface area contributed by atoms with E-state index in [1.54, 1.807) is 0 Å². The second kappa shape index (κ2) is 7.56. The summed E-state index contributed by atoms with van der Waals surface area (Å²) in [6, 6.07) is 9.95. The number of methoxy groups -OCH3 is 1. The van der Waals surface area contributed by atoms with E-state index in [4.69, 9.17) is 14.2 Å². The summed E-state index contributed by atoms with van der Waals surface area (Å²) < 4.78 is 29.9. The monoisotopic (exact) mass is 371 g/mol. The number of likely N-dealkylation sites (tertiary alicyclic amines) is 1. The molecule has 5 nitrogen and oxygen atoms in total. The van der Waals surface area contributed by atoms with Crippen molar-refractivity contribution >= 4 is 5.78 Å². The molecule has 6 heteroatoms. The molecular weight excluding hydrogens is 349 g/mol. The lowest BCUT2D eigenvalue weighted by Crippen LogP contribution is -2.38. The summed E-state index contributed by atoms with van der Waals surface area (Å²) >= 11 is 0. The largest absolute Gasteiger partial charge is 0.496 e. The summed E-state index contributed by atoms with van der Waals surface area (Å²) in [5.41, 5.74) is 1.38. The zero-order valence-corrected chi connectivity index (χ0v) is 15.2. The van der Waals surface area contributed by atoms with E-state index in [0.29, 0.717) is 24.4 Å². The first-order valence-corrected chi connectivity index (χ1v) is 9.13. The van der Waals surface area contributed by atoms with Gasteiger partial charge in [0.15, 0.2) is 17.3 Å². The molecule has 1 unspecified atom stereocenters. The number of hydrogen-bond donors (Lipinski definition) is 0. The Labute approximate surface area is 157 Å². The van der Waals surface area contributed by atoms with E-state index in [1.165, 1.54) is 25.3 Å². The number of hydrogen-bond acceptors (Lipinski definition) is 5. The maximum atomic E-state index is 13.7. The topological polar surface area (TPSA) is 48.0 Å². The number of halogens is 1. The van der Waals surface area contributed by atoms with Gasteiger partial charge in [-0.15, -0.1) is 0 Å². The van der Waals surface area contributed by atoms with E-state index in [2.05, 4.69) is 4.90 Å². The molecule has 2 aromatic rings. The Bertz CT molecular complexity index is 854. The molecule has 27 heavy (non-hydrogen) atoms. The average molecular weight is 371 g/mol. The van der Waals surface area contributed by atoms with Crippen LogP contribution in [0.15, 0.2) is 36.4 Å². The molecular formula is C21H22FNO4. The van der Waals surface area contributed by atoms with Crippen LogP contribution in [0.1, 0.15) is 28.8 Å².